The largest absolute Gasteiger partial charge is 0.493 e. The van der Waals surface area contributed by atoms with Crippen LogP contribution in [-0.2, 0) is 4.79 Å². The van der Waals surface area contributed by atoms with Crippen molar-refractivity contribution < 1.29 is 9.53 Å². The maximum Gasteiger partial charge on any atom is 0.223 e. The zero-order valence-corrected chi connectivity index (χ0v) is 14.3. The van der Waals surface area contributed by atoms with E-state index >= 15 is 0 Å². The van der Waals surface area contributed by atoms with Crippen molar-refractivity contribution >= 4 is 34.2 Å². The van der Waals surface area contributed by atoms with Crippen molar-refractivity contribution in [2.75, 3.05) is 6.61 Å². The zero-order chi connectivity index (χ0) is 14.4. The van der Waals surface area contributed by atoms with Crippen LogP contribution in [0.4, 0.5) is 0 Å². The van der Waals surface area contributed by atoms with Gasteiger partial charge in [0.15, 0.2) is 0 Å². The molecule has 4 nitrogen and oxygen atoms in total. The van der Waals surface area contributed by atoms with E-state index in [0.29, 0.717) is 19.1 Å². The van der Waals surface area contributed by atoms with Crippen LogP contribution in [0, 0.1) is 0 Å². The number of nitrogens with two attached hydrogens (primary N) is 1. The highest BCUT2D eigenvalue weighted by molar-refractivity contribution is 9.10. The molecule has 0 aliphatic heterocycles. The quantitative estimate of drug-likeness (QED) is 0.829. The molecule has 0 aromatic heterocycles. The van der Waals surface area contributed by atoms with Gasteiger partial charge in [0, 0.05) is 16.6 Å². The van der Waals surface area contributed by atoms with Crippen molar-refractivity contribution in [3.05, 3.63) is 28.7 Å². The monoisotopic (exact) mass is 376 g/mol. The number of amides is 1. The van der Waals surface area contributed by atoms with Crippen molar-refractivity contribution in [1.82, 2.24) is 5.32 Å². The molecule has 1 aromatic carbocycles. The van der Waals surface area contributed by atoms with Crippen molar-refractivity contribution in [2.24, 2.45) is 5.73 Å². The summed E-state index contributed by atoms with van der Waals surface area (Å²) in [7, 11) is 0. The van der Waals surface area contributed by atoms with Crippen molar-refractivity contribution in [3.63, 3.8) is 0 Å². The third-order valence-electron chi connectivity index (χ3n) is 3.53. The summed E-state index contributed by atoms with van der Waals surface area (Å²) in [6.07, 6.45) is 4.35. The van der Waals surface area contributed by atoms with Gasteiger partial charge >= 0.3 is 0 Å². The van der Waals surface area contributed by atoms with Crippen LogP contribution in [0.2, 0.25) is 0 Å². The molecule has 21 heavy (non-hydrogen) atoms. The van der Waals surface area contributed by atoms with Crippen LogP contribution >= 0.6 is 28.3 Å². The number of nitrogens with one attached hydrogen (secondary N) is 1. The minimum absolute atomic E-state index is 0. The zero-order valence-electron chi connectivity index (χ0n) is 11.9. The van der Waals surface area contributed by atoms with Gasteiger partial charge in [0.1, 0.15) is 5.75 Å². The standard InChI is InChI=1S/C15H21BrN2O2.ClH/c16-11-2-1-3-14(10-11)20-9-8-15(19)18-13-6-4-12(17)5-7-13;/h1-3,10,12-13H,4-9,17H2,(H,18,19);1H. The molecule has 2 rings (SSSR count). The average molecular weight is 378 g/mol. The molecule has 0 unspecified atom stereocenters. The summed E-state index contributed by atoms with van der Waals surface area (Å²) in [5.74, 6) is 0.830. The van der Waals surface area contributed by atoms with E-state index in [-0.39, 0.29) is 24.4 Å². The van der Waals surface area contributed by atoms with Gasteiger partial charge in [-0.1, -0.05) is 22.0 Å². The minimum atomic E-state index is 0. The molecule has 1 aromatic rings. The van der Waals surface area contributed by atoms with E-state index in [4.69, 9.17) is 10.5 Å². The molecule has 0 heterocycles. The maximum atomic E-state index is 11.8. The molecule has 0 saturated heterocycles. The van der Waals surface area contributed by atoms with Crippen LogP contribution in [0.1, 0.15) is 32.1 Å². The Morgan fingerprint density at radius 1 is 1.33 bits per heavy atom. The van der Waals surface area contributed by atoms with Crippen LogP contribution in [0.3, 0.4) is 0 Å². The van der Waals surface area contributed by atoms with E-state index in [1.807, 2.05) is 24.3 Å². The highest BCUT2D eigenvalue weighted by atomic mass is 79.9. The first-order valence-corrected chi connectivity index (χ1v) is 7.86. The van der Waals surface area contributed by atoms with Crippen LogP contribution in [0.5, 0.6) is 5.75 Å². The van der Waals surface area contributed by atoms with Gasteiger partial charge in [-0.2, -0.15) is 0 Å². The lowest BCUT2D eigenvalue weighted by Crippen LogP contribution is -2.40. The molecule has 1 fully saturated rings. The third kappa shape index (κ3) is 6.68. The molecule has 3 N–H and O–H groups in total. The first-order valence-electron chi connectivity index (χ1n) is 7.07. The molecule has 1 saturated carbocycles. The fraction of sp³-hybridized carbons (Fsp3) is 0.533. The van der Waals surface area contributed by atoms with Crippen LogP contribution < -0.4 is 15.8 Å². The van der Waals surface area contributed by atoms with Crippen molar-refractivity contribution in [1.29, 1.82) is 0 Å². The molecule has 1 aliphatic rings. The number of hydrogen-bond acceptors (Lipinski definition) is 3. The fourth-order valence-corrected chi connectivity index (χ4v) is 2.76. The third-order valence-corrected chi connectivity index (χ3v) is 4.02. The lowest BCUT2D eigenvalue weighted by molar-refractivity contribution is -0.122. The van der Waals surface area contributed by atoms with E-state index in [2.05, 4.69) is 21.2 Å². The molecule has 1 aliphatic carbocycles. The molecule has 0 radical (unpaired) electrons. The van der Waals surface area contributed by atoms with Gasteiger partial charge in [-0.15, -0.1) is 12.4 Å². The van der Waals surface area contributed by atoms with Gasteiger partial charge in [0.25, 0.3) is 0 Å². The highest BCUT2D eigenvalue weighted by Crippen LogP contribution is 2.18. The van der Waals surface area contributed by atoms with Gasteiger partial charge in [-0.3, -0.25) is 4.79 Å². The predicted octanol–water partition coefficient (Wildman–Crippen LogP) is 3.03. The Balaban J connectivity index is 0.00000220. The lowest BCUT2D eigenvalue weighted by atomic mass is 9.92. The highest BCUT2D eigenvalue weighted by Gasteiger charge is 2.19. The molecule has 118 valence electrons. The maximum absolute atomic E-state index is 11.8. The van der Waals surface area contributed by atoms with E-state index in [9.17, 15) is 4.79 Å². The minimum Gasteiger partial charge on any atom is -0.493 e. The molecule has 6 heteroatoms. The van der Waals surface area contributed by atoms with Crippen LogP contribution in [0.15, 0.2) is 28.7 Å². The second kappa shape index (κ2) is 9.28. The second-order valence-corrected chi connectivity index (χ2v) is 6.15. The Morgan fingerprint density at radius 3 is 2.71 bits per heavy atom. The van der Waals surface area contributed by atoms with E-state index in [1.54, 1.807) is 0 Å². The van der Waals surface area contributed by atoms with Crippen LogP contribution in [-0.4, -0.2) is 24.6 Å². The summed E-state index contributed by atoms with van der Waals surface area (Å²) in [6, 6.07) is 8.21. The first kappa shape index (κ1) is 18.3. The average Bonchev–Trinajstić information content (AvgIpc) is 2.41. The first-order chi connectivity index (χ1) is 9.63. The molecular formula is C15H22BrClN2O2. The van der Waals surface area contributed by atoms with Gasteiger partial charge in [0.05, 0.1) is 13.0 Å². The summed E-state index contributed by atoms with van der Waals surface area (Å²) in [5, 5.41) is 3.05. The molecular weight excluding hydrogens is 356 g/mol. The number of carbonyl (C=O) groups excluding carboxylic acids is 1. The van der Waals surface area contributed by atoms with E-state index < -0.39 is 0 Å². The lowest BCUT2D eigenvalue weighted by Gasteiger charge is -2.26. The van der Waals surface area contributed by atoms with Gasteiger partial charge in [-0.05, 0) is 43.9 Å². The Kier molecular flexibility index (Phi) is 8.07. The predicted molar refractivity (Wildman–Crippen MR) is 89.9 cm³/mol. The smallest absolute Gasteiger partial charge is 0.223 e. The fourth-order valence-electron chi connectivity index (χ4n) is 2.38. The van der Waals surface area contributed by atoms with E-state index in [0.717, 1.165) is 35.9 Å². The van der Waals surface area contributed by atoms with E-state index in [1.165, 1.54) is 0 Å². The molecule has 0 atom stereocenters. The number of hydrogen-bond donors (Lipinski definition) is 2. The number of rotatable bonds is 5. The topological polar surface area (TPSA) is 64.3 Å². The van der Waals surface area contributed by atoms with Crippen molar-refractivity contribution in [3.8, 4) is 5.75 Å². The SMILES string of the molecule is Cl.NC1CCC(NC(=O)CCOc2cccc(Br)c2)CC1. The van der Waals surface area contributed by atoms with Gasteiger partial charge < -0.3 is 15.8 Å². The number of benzene rings is 1. The summed E-state index contributed by atoms with van der Waals surface area (Å²) in [4.78, 5) is 11.8. The normalized spacial score (nSPS) is 21.2. The Labute approximate surface area is 140 Å². The summed E-state index contributed by atoms with van der Waals surface area (Å²) >= 11 is 3.38. The second-order valence-electron chi connectivity index (χ2n) is 5.24. The number of halogens is 2. The number of carbonyl (C=O) groups is 1. The Bertz CT molecular complexity index is 451. The summed E-state index contributed by atoms with van der Waals surface area (Å²) in [5.41, 5.74) is 5.85. The summed E-state index contributed by atoms with van der Waals surface area (Å²) in [6.45, 7) is 0.397. The van der Waals surface area contributed by atoms with Gasteiger partial charge in [-0.25, -0.2) is 0 Å². The molecule has 0 spiro atoms. The summed E-state index contributed by atoms with van der Waals surface area (Å²) < 4.78 is 6.52. The Hall–Kier alpha value is -0.780. The van der Waals surface area contributed by atoms with Gasteiger partial charge in [0.2, 0.25) is 5.91 Å². The van der Waals surface area contributed by atoms with Crippen LogP contribution in [0.25, 0.3) is 0 Å². The molecule has 0 bridgehead atoms. The number of ether oxygens (including phenoxy) is 1. The Morgan fingerprint density at radius 2 is 2.05 bits per heavy atom. The molecule has 1 amide bonds. The van der Waals surface area contributed by atoms with Crippen molar-refractivity contribution in [2.45, 2.75) is 44.2 Å².